The molecule has 0 saturated carbocycles. The summed E-state index contributed by atoms with van der Waals surface area (Å²) in [6, 6.07) is 13.8. The zero-order chi connectivity index (χ0) is 21.1. The Kier molecular flexibility index (Phi) is 5.77. The summed E-state index contributed by atoms with van der Waals surface area (Å²) < 4.78 is 13.9. The number of amidine groups is 1. The molecule has 30 heavy (non-hydrogen) atoms. The number of halogens is 1. The number of rotatable bonds is 5. The molecule has 0 radical (unpaired) electrons. The number of para-hydroxylation sites is 1. The van der Waals surface area contributed by atoms with Crippen molar-refractivity contribution in [2.75, 3.05) is 23.7 Å². The first-order valence-electron chi connectivity index (χ1n) is 9.93. The summed E-state index contributed by atoms with van der Waals surface area (Å²) in [6.45, 7) is 7.89. The number of nitrogens with zero attached hydrogens (tertiary/aromatic N) is 3. The zero-order valence-electron chi connectivity index (χ0n) is 17.0. The lowest BCUT2D eigenvalue weighted by atomic mass is 9.82. The number of anilines is 1. The van der Waals surface area contributed by atoms with E-state index in [0.29, 0.717) is 16.6 Å². The second-order valence-electron chi connectivity index (χ2n) is 7.67. The molecule has 4 nitrogen and oxygen atoms in total. The third kappa shape index (κ3) is 3.92. The average molecular weight is 421 g/mol. The summed E-state index contributed by atoms with van der Waals surface area (Å²) in [5.41, 5.74) is 9.10. The van der Waals surface area contributed by atoms with Crippen molar-refractivity contribution in [3.05, 3.63) is 90.6 Å². The molecule has 2 aliphatic heterocycles. The summed E-state index contributed by atoms with van der Waals surface area (Å²) in [4.78, 5) is 11.0. The Morgan fingerprint density at radius 3 is 2.87 bits per heavy atom. The number of nitrogens with two attached hydrogens (primary N) is 1. The van der Waals surface area contributed by atoms with Gasteiger partial charge in [-0.2, -0.15) is 4.39 Å². The fourth-order valence-electron chi connectivity index (χ4n) is 4.13. The zero-order valence-corrected chi connectivity index (χ0v) is 17.8. The molecule has 2 N–H and O–H groups in total. The number of pyridine rings is 1. The summed E-state index contributed by atoms with van der Waals surface area (Å²) in [6.07, 6.45) is 7.22. The fourth-order valence-corrected chi connectivity index (χ4v) is 5.11. The average Bonchev–Trinajstić information content (AvgIpc) is 3.14. The van der Waals surface area contributed by atoms with E-state index in [1.165, 1.54) is 11.9 Å². The molecule has 3 heterocycles. The first-order valence-corrected chi connectivity index (χ1v) is 10.9. The highest BCUT2D eigenvalue weighted by atomic mass is 32.2. The van der Waals surface area contributed by atoms with Crippen molar-refractivity contribution in [1.29, 1.82) is 0 Å². The SMILES string of the molecule is C=C(/C=C\C=C(/C)c1cccnc1F)[C@]12CN(c3ccccc3)C[C@H]1CSC(N)=N2. The molecule has 0 bridgehead atoms. The number of aliphatic imine (C=N–C) groups is 1. The number of allylic oxidation sites excluding steroid dienone is 3. The molecule has 154 valence electrons. The van der Waals surface area contributed by atoms with Crippen LogP contribution in [-0.2, 0) is 0 Å². The number of fused-ring (bicyclic) bond motifs is 1. The lowest BCUT2D eigenvalue weighted by Gasteiger charge is -2.35. The quantitative estimate of drug-likeness (QED) is 0.564. The maximum Gasteiger partial charge on any atom is 0.220 e. The highest BCUT2D eigenvalue weighted by Crippen LogP contribution is 2.44. The number of aromatic nitrogens is 1. The van der Waals surface area contributed by atoms with Gasteiger partial charge >= 0.3 is 0 Å². The van der Waals surface area contributed by atoms with Crippen LogP contribution in [0.1, 0.15) is 12.5 Å². The first kappa shape index (κ1) is 20.4. The number of hydrogen-bond acceptors (Lipinski definition) is 5. The number of benzene rings is 1. The Hall–Kier alpha value is -2.86. The summed E-state index contributed by atoms with van der Waals surface area (Å²) in [5.74, 6) is 0.780. The van der Waals surface area contributed by atoms with Gasteiger partial charge in [0, 0.05) is 42.2 Å². The predicted octanol–water partition coefficient (Wildman–Crippen LogP) is 4.67. The van der Waals surface area contributed by atoms with Gasteiger partial charge in [0.15, 0.2) is 5.17 Å². The van der Waals surface area contributed by atoms with E-state index >= 15 is 0 Å². The van der Waals surface area contributed by atoms with Crippen LogP contribution in [0.2, 0.25) is 0 Å². The molecule has 6 heteroatoms. The van der Waals surface area contributed by atoms with Crippen molar-refractivity contribution >= 4 is 28.2 Å². The Labute approximate surface area is 181 Å². The highest BCUT2D eigenvalue weighted by molar-refractivity contribution is 8.13. The lowest BCUT2D eigenvalue weighted by molar-refractivity contribution is 0.444. The maximum absolute atomic E-state index is 13.9. The van der Waals surface area contributed by atoms with Crippen molar-refractivity contribution < 1.29 is 4.39 Å². The van der Waals surface area contributed by atoms with E-state index in [9.17, 15) is 4.39 Å². The second kappa shape index (κ2) is 8.48. The minimum absolute atomic E-state index is 0.327. The van der Waals surface area contributed by atoms with E-state index in [4.69, 9.17) is 10.7 Å². The van der Waals surface area contributed by atoms with Crippen LogP contribution in [0.15, 0.2) is 84.0 Å². The van der Waals surface area contributed by atoms with Crippen molar-refractivity contribution in [1.82, 2.24) is 4.98 Å². The maximum atomic E-state index is 13.9. The predicted molar refractivity (Wildman–Crippen MR) is 125 cm³/mol. The molecule has 0 unspecified atom stereocenters. The normalized spacial score (nSPS) is 24.1. The third-order valence-electron chi connectivity index (χ3n) is 5.80. The minimum atomic E-state index is -0.465. The van der Waals surface area contributed by atoms with Crippen LogP contribution in [0.25, 0.3) is 5.57 Å². The summed E-state index contributed by atoms with van der Waals surface area (Å²) >= 11 is 1.61. The van der Waals surface area contributed by atoms with E-state index in [1.807, 2.05) is 31.2 Å². The van der Waals surface area contributed by atoms with Gasteiger partial charge in [0.05, 0.1) is 0 Å². The van der Waals surface area contributed by atoms with Crippen LogP contribution in [-0.4, -0.2) is 34.5 Å². The first-order chi connectivity index (χ1) is 14.5. The van der Waals surface area contributed by atoms with Gasteiger partial charge in [-0.15, -0.1) is 0 Å². The Bertz CT molecular complexity index is 1030. The van der Waals surface area contributed by atoms with Crippen LogP contribution in [0.5, 0.6) is 0 Å². The minimum Gasteiger partial charge on any atom is -0.379 e. The van der Waals surface area contributed by atoms with Crippen molar-refractivity contribution in [2.45, 2.75) is 12.5 Å². The van der Waals surface area contributed by atoms with Crippen molar-refractivity contribution in [3.8, 4) is 0 Å². The molecular weight excluding hydrogens is 395 g/mol. The molecule has 0 aliphatic carbocycles. The van der Waals surface area contributed by atoms with Gasteiger partial charge in [-0.25, -0.2) is 9.98 Å². The van der Waals surface area contributed by atoms with Gasteiger partial charge < -0.3 is 10.6 Å². The number of thioether (sulfide) groups is 1. The van der Waals surface area contributed by atoms with Crippen LogP contribution in [0.3, 0.4) is 0 Å². The Morgan fingerprint density at radius 1 is 1.30 bits per heavy atom. The van der Waals surface area contributed by atoms with Crippen molar-refractivity contribution in [3.63, 3.8) is 0 Å². The second-order valence-corrected chi connectivity index (χ2v) is 8.71. The Morgan fingerprint density at radius 2 is 2.10 bits per heavy atom. The molecule has 2 aromatic rings. The standard InChI is InChI=1S/C24H25FN4S/c1-17(21-12-7-13-27-22(21)25)8-6-9-18(2)24-16-29(20-10-4-3-5-11-20)14-19(24)15-30-23(26)28-24/h3-13,19H,2,14-16H2,1H3,(H2,26,28)/b9-6-,17-8+/t19-,24+/m0/s1. The van der Waals surface area contributed by atoms with Gasteiger partial charge in [-0.1, -0.05) is 54.8 Å². The summed E-state index contributed by atoms with van der Waals surface area (Å²) in [7, 11) is 0. The molecule has 0 amide bonds. The molecule has 2 aliphatic rings. The van der Waals surface area contributed by atoms with E-state index in [2.05, 4.69) is 40.7 Å². The molecule has 0 spiro atoms. The van der Waals surface area contributed by atoms with Gasteiger partial charge in [-0.3, -0.25) is 0 Å². The van der Waals surface area contributed by atoms with Gasteiger partial charge in [0.2, 0.25) is 5.95 Å². The molecular formula is C24H25FN4S. The highest BCUT2D eigenvalue weighted by Gasteiger charge is 2.50. The molecule has 1 saturated heterocycles. The van der Waals surface area contributed by atoms with E-state index in [0.717, 1.165) is 30.0 Å². The molecule has 2 atom stereocenters. The van der Waals surface area contributed by atoms with Gasteiger partial charge in [0.1, 0.15) is 5.54 Å². The third-order valence-corrected chi connectivity index (χ3v) is 6.75. The van der Waals surface area contributed by atoms with E-state index in [-0.39, 0.29) is 0 Å². The largest absolute Gasteiger partial charge is 0.379 e. The monoisotopic (exact) mass is 420 g/mol. The molecule has 1 fully saturated rings. The molecule has 4 rings (SSSR count). The molecule has 1 aromatic carbocycles. The van der Waals surface area contributed by atoms with Gasteiger partial charge in [0.25, 0.3) is 0 Å². The van der Waals surface area contributed by atoms with Crippen molar-refractivity contribution in [2.24, 2.45) is 16.6 Å². The van der Waals surface area contributed by atoms with E-state index < -0.39 is 11.5 Å². The summed E-state index contributed by atoms with van der Waals surface area (Å²) in [5, 5.41) is 0.611. The van der Waals surface area contributed by atoms with Crippen LogP contribution >= 0.6 is 11.8 Å². The topological polar surface area (TPSA) is 54.5 Å². The number of hydrogen-bond donors (Lipinski definition) is 1. The Balaban J connectivity index is 1.59. The van der Waals surface area contributed by atoms with Crippen LogP contribution in [0, 0.1) is 11.9 Å². The van der Waals surface area contributed by atoms with Gasteiger partial charge in [-0.05, 0) is 42.3 Å². The van der Waals surface area contributed by atoms with E-state index in [1.54, 1.807) is 23.9 Å². The molecule has 1 aromatic heterocycles. The van der Waals surface area contributed by atoms with Crippen LogP contribution < -0.4 is 10.6 Å². The smallest absolute Gasteiger partial charge is 0.220 e. The lowest BCUT2D eigenvalue weighted by Crippen LogP contribution is -2.43. The fraction of sp³-hybridized carbons (Fsp3) is 0.250. The van der Waals surface area contributed by atoms with Crippen LogP contribution in [0.4, 0.5) is 10.1 Å².